The SMILES string of the molecule is CCOc1ccc(C[NH+](C)CN2C(=O)C(=O)N(CC(F)(F)F)C2=O)cc1OC. The number of methoxy groups -OCH3 is 1. The zero-order chi connectivity index (χ0) is 21.1. The van der Waals surface area contributed by atoms with E-state index in [1.54, 1.807) is 25.2 Å². The van der Waals surface area contributed by atoms with E-state index in [4.69, 9.17) is 9.47 Å². The van der Waals surface area contributed by atoms with Crippen molar-refractivity contribution in [2.75, 3.05) is 34.0 Å². The largest absolute Gasteiger partial charge is 0.493 e. The van der Waals surface area contributed by atoms with Gasteiger partial charge in [0.2, 0.25) is 0 Å². The van der Waals surface area contributed by atoms with Gasteiger partial charge in [-0.1, -0.05) is 0 Å². The third-order valence-electron chi connectivity index (χ3n) is 3.93. The highest BCUT2D eigenvalue weighted by atomic mass is 19.4. The number of urea groups is 1. The van der Waals surface area contributed by atoms with Gasteiger partial charge in [0.05, 0.1) is 20.8 Å². The van der Waals surface area contributed by atoms with E-state index in [1.165, 1.54) is 7.11 Å². The summed E-state index contributed by atoms with van der Waals surface area (Å²) in [6.45, 7) is 0.573. The summed E-state index contributed by atoms with van der Waals surface area (Å²) in [6, 6.07) is 3.94. The first-order valence-corrected chi connectivity index (χ1v) is 8.42. The quantitative estimate of drug-likeness (QED) is 0.502. The van der Waals surface area contributed by atoms with Gasteiger partial charge in [0.15, 0.2) is 18.2 Å². The number of quaternary nitrogens is 1. The van der Waals surface area contributed by atoms with Crippen molar-refractivity contribution in [2.45, 2.75) is 19.6 Å². The van der Waals surface area contributed by atoms with E-state index in [0.717, 1.165) is 5.56 Å². The Kier molecular flexibility index (Phi) is 6.49. The molecule has 154 valence electrons. The summed E-state index contributed by atoms with van der Waals surface area (Å²) >= 11 is 0. The van der Waals surface area contributed by atoms with Crippen LogP contribution in [0.1, 0.15) is 12.5 Å². The standard InChI is InChI=1S/C17H20F3N3O5/c1-4-28-12-6-5-11(7-13(12)27-3)8-21(2)10-23-15(25)14(24)22(16(23)26)9-17(18,19)20/h5-7H,4,8-10H2,1-3H3/p+1. The number of hydrogen-bond donors (Lipinski definition) is 1. The van der Waals surface area contributed by atoms with Crippen LogP contribution in [0.15, 0.2) is 18.2 Å². The summed E-state index contributed by atoms with van der Waals surface area (Å²) in [5.74, 6) is -1.67. The van der Waals surface area contributed by atoms with Gasteiger partial charge in [0.1, 0.15) is 13.1 Å². The second-order valence-electron chi connectivity index (χ2n) is 6.23. The first-order chi connectivity index (χ1) is 13.1. The second kappa shape index (κ2) is 8.46. The van der Waals surface area contributed by atoms with Crippen LogP contribution in [0, 0.1) is 0 Å². The molecular weight excluding hydrogens is 383 g/mol. The predicted molar refractivity (Wildman–Crippen MR) is 89.6 cm³/mol. The molecule has 1 saturated heterocycles. The molecule has 1 aromatic rings. The number of hydrogen-bond acceptors (Lipinski definition) is 5. The smallest absolute Gasteiger partial charge is 0.406 e. The molecule has 4 amide bonds. The topological polar surface area (TPSA) is 80.6 Å². The third-order valence-corrected chi connectivity index (χ3v) is 3.93. The molecule has 0 aliphatic carbocycles. The number of carbonyl (C=O) groups excluding carboxylic acids is 3. The maximum absolute atomic E-state index is 12.5. The lowest BCUT2D eigenvalue weighted by molar-refractivity contribution is -0.901. The molecule has 1 fully saturated rings. The first kappa shape index (κ1) is 21.5. The van der Waals surface area contributed by atoms with Crippen molar-refractivity contribution >= 4 is 17.8 Å². The highest BCUT2D eigenvalue weighted by Crippen LogP contribution is 2.27. The Morgan fingerprint density at radius 3 is 2.29 bits per heavy atom. The molecule has 1 aliphatic rings. The Labute approximate surface area is 159 Å². The Morgan fingerprint density at radius 1 is 1.07 bits per heavy atom. The number of alkyl halides is 3. The van der Waals surface area contributed by atoms with Gasteiger partial charge in [-0.25, -0.2) is 14.6 Å². The molecule has 0 bridgehead atoms. The summed E-state index contributed by atoms with van der Waals surface area (Å²) in [4.78, 5) is 36.7. The summed E-state index contributed by atoms with van der Waals surface area (Å²) in [7, 11) is 3.13. The Morgan fingerprint density at radius 2 is 1.71 bits per heavy atom. The molecule has 0 aromatic heterocycles. The van der Waals surface area contributed by atoms with Crippen molar-refractivity contribution in [3.63, 3.8) is 0 Å². The number of benzene rings is 1. The minimum atomic E-state index is -4.78. The lowest BCUT2D eigenvalue weighted by atomic mass is 10.2. The maximum atomic E-state index is 12.5. The van der Waals surface area contributed by atoms with E-state index in [-0.39, 0.29) is 11.6 Å². The lowest BCUT2D eigenvalue weighted by Gasteiger charge is -2.21. The molecule has 0 radical (unpaired) electrons. The normalized spacial score (nSPS) is 16.0. The highest BCUT2D eigenvalue weighted by molar-refractivity contribution is 6.44. The molecule has 8 nitrogen and oxygen atoms in total. The van der Waals surface area contributed by atoms with Crippen molar-refractivity contribution in [1.82, 2.24) is 9.80 Å². The van der Waals surface area contributed by atoms with Crippen LogP contribution < -0.4 is 14.4 Å². The number of nitrogens with one attached hydrogen (secondary N) is 1. The van der Waals surface area contributed by atoms with E-state index in [9.17, 15) is 27.6 Å². The van der Waals surface area contributed by atoms with Crippen LogP contribution in [0.2, 0.25) is 0 Å². The van der Waals surface area contributed by atoms with Crippen molar-refractivity contribution in [3.8, 4) is 11.5 Å². The average molecular weight is 404 g/mol. The second-order valence-corrected chi connectivity index (χ2v) is 6.23. The lowest BCUT2D eigenvalue weighted by Crippen LogP contribution is -3.09. The number of nitrogens with zero attached hydrogens (tertiary/aromatic N) is 2. The molecule has 0 saturated carbocycles. The van der Waals surface area contributed by atoms with Crippen LogP contribution in [-0.4, -0.2) is 67.8 Å². The van der Waals surface area contributed by atoms with E-state index >= 15 is 0 Å². The summed E-state index contributed by atoms with van der Waals surface area (Å²) in [5, 5.41) is 0. The monoisotopic (exact) mass is 404 g/mol. The van der Waals surface area contributed by atoms with E-state index in [0.29, 0.717) is 34.5 Å². The average Bonchev–Trinajstić information content (AvgIpc) is 2.80. The van der Waals surface area contributed by atoms with E-state index < -0.39 is 30.6 Å². The number of halogens is 3. The van der Waals surface area contributed by atoms with Gasteiger partial charge in [0, 0.05) is 5.56 Å². The zero-order valence-electron chi connectivity index (χ0n) is 15.6. The Bertz CT molecular complexity index is 769. The van der Waals surface area contributed by atoms with Gasteiger partial charge in [-0.3, -0.25) is 9.59 Å². The van der Waals surface area contributed by atoms with Crippen LogP contribution in [0.3, 0.4) is 0 Å². The fourth-order valence-corrected chi connectivity index (χ4v) is 2.78. The van der Waals surface area contributed by atoms with Crippen molar-refractivity contribution < 1.29 is 41.9 Å². The fraction of sp³-hybridized carbons (Fsp3) is 0.471. The molecule has 0 spiro atoms. The van der Waals surface area contributed by atoms with E-state index in [2.05, 4.69) is 0 Å². The number of rotatable bonds is 8. The summed E-state index contributed by atoms with van der Waals surface area (Å²) in [6.07, 6.45) is -4.78. The first-order valence-electron chi connectivity index (χ1n) is 8.42. The minimum absolute atomic E-state index is 0.0878. The van der Waals surface area contributed by atoms with Gasteiger partial charge < -0.3 is 14.4 Å². The van der Waals surface area contributed by atoms with Crippen LogP contribution in [0.4, 0.5) is 18.0 Å². The Balaban J connectivity index is 2.06. The molecule has 1 aromatic carbocycles. The van der Waals surface area contributed by atoms with Crippen LogP contribution in [0.5, 0.6) is 11.5 Å². The summed E-state index contributed by atoms with van der Waals surface area (Å²) < 4.78 is 48.2. The van der Waals surface area contributed by atoms with Gasteiger partial charge in [-0.2, -0.15) is 13.2 Å². The van der Waals surface area contributed by atoms with Crippen molar-refractivity contribution in [1.29, 1.82) is 0 Å². The molecule has 1 atom stereocenters. The van der Waals surface area contributed by atoms with Crippen molar-refractivity contribution in [2.24, 2.45) is 0 Å². The van der Waals surface area contributed by atoms with Gasteiger partial charge in [-0.05, 0) is 25.1 Å². The zero-order valence-corrected chi connectivity index (χ0v) is 15.6. The molecule has 2 rings (SSSR count). The molecular formula is C17H21F3N3O5+. The van der Waals surface area contributed by atoms with Crippen LogP contribution in [-0.2, 0) is 16.1 Å². The number of imide groups is 2. The molecule has 1 aliphatic heterocycles. The fourth-order valence-electron chi connectivity index (χ4n) is 2.78. The molecule has 1 heterocycles. The minimum Gasteiger partial charge on any atom is -0.493 e. The van der Waals surface area contributed by atoms with Crippen LogP contribution >= 0.6 is 0 Å². The van der Waals surface area contributed by atoms with Gasteiger partial charge in [0.25, 0.3) is 0 Å². The summed E-state index contributed by atoms with van der Waals surface area (Å²) in [5.41, 5.74) is 0.787. The molecule has 1 N–H and O–H groups in total. The maximum Gasteiger partial charge on any atom is 0.406 e. The van der Waals surface area contributed by atoms with Gasteiger partial charge >= 0.3 is 24.0 Å². The predicted octanol–water partition coefficient (Wildman–Crippen LogP) is 0.419. The van der Waals surface area contributed by atoms with Crippen molar-refractivity contribution in [3.05, 3.63) is 23.8 Å². The highest BCUT2D eigenvalue weighted by Gasteiger charge is 2.49. The molecule has 1 unspecified atom stereocenters. The van der Waals surface area contributed by atoms with Gasteiger partial charge in [-0.15, -0.1) is 0 Å². The number of ether oxygens (including phenoxy) is 2. The molecule has 11 heteroatoms. The number of carbonyl (C=O) groups is 3. The number of amides is 4. The van der Waals surface area contributed by atoms with Crippen LogP contribution in [0.25, 0.3) is 0 Å². The third kappa shape index (κ3) is 4.91. The Hall–Kier alpha value is -2.82. The molecule has 28 heavy (non-hydrogen) atoms. The van der Waals surface area contributed by atoms with E-state index in [1.807, 2.05) is 6.92 Å².